The summed E-state index contributed by atoms with van der Waals surface area (Å²) in [6.45, 7) is 7.06. The number of hydrogen-bond donors (Lipinski definition) is 0. The van der Waals surface area contributed by atoms with E-state index in [1.165, 1.54) is 11.3 Å². The molecule has 172 valence electrons. The van der Waals surface area contributed by atoms with Gasteiger partial charge in [0.2, 0.25) is 0 Å². The van der Waals surface area contributed by atoms with Gasteiger partial charge in [0.15, 0.2) is 23.2 Å². The van der Waals surface area contributed by atoms with Gasteiger partial charge in [-0.2, -0.15) is 0 Å². The second kappa shape index (κ2) is 11.4. The van der Waals surface area contributed by atoms with Gasteiger partial charge in [-0.15, -0.1) is 0 Å². The Morgan fingerprint density at radius 3 is 2.34 bits per heavy atom. The zero-order valence-corrected chi connectivity index (χ0v) is 20.3. The number of thiazole rings is 1. The highest BCUT2D eigenvalue weighted by Crippen LogP contribution is 2.38. The number of fused-ring (bicyclic) bond motifs is 1. The summed E-state index contributed by atoms with van der Waals surface area (Å²) < 4.78 is 17.3. The average molecular weight is 478 g/mol. The van der Waals surface area contributed by atoms with Crippen LogP contribution in [0.15, 0.2) is 36.4 Å². The fourth-order valence-electron chi connectivity index (χ4n) is 3.29. The molecule has 0 N–H and O–H groups in total. The number of nitrogens with zero attached hydrogens (tertiary/aromatic N) is 3. The molecule has 0 atom stereocenters. The van der Waals surface area contributed by atoms with E-state index in [0.717, 1.165) is 17.8 Å². The molecular weight excluding hydrogens is 450 g/mol. The van der Waals surface area contributed by atoms with Crippen molar-refractivity contribution in [1.82, 2.24) is 9.88 Å². The van der Waals surface area contributed by atoms with E-state index >= 15 is 0 Å². The summed E-state index contributed by atoms with van der Waals surface area (Å²) in [4.78, 5) is 21.9. The Morgan fingerprint density at radius 2 is 1.69 bits per heavy atom. The van der Waals surface area contributed by atoms with Gasteiger partial charge in [-0.1, -0.05) is 48.9 Å². The number of para-hydroxylation sites is 2. The molecule has 1 amide bonds. The minimum atomic E-state index is -0.197. The van der Waals surface area contributed by atoms with Crippen molar-refractivity contribution in [2.45, 2.75) is 13.8 Å². The first-order chi connectivity index (χ1) is 15.5. The number of halogens is 1. The molecule has 3 aromatic rings. The number of amides is 1. The Morgan fingerprint density at radius 1 is 1.00 bits per heavy atom. The predicted molar refractivity (Wildman–Crippen MR) is 130 cm³/mol. The number of rotatable bonds is 11. The van der Waals surface area contributed by atoms with Crippen LogP contribution in [0.25, 0.3) is 10.2 Å². The molecule has 7 nitrogen and oxygen atoms in total. The van der Waals surface area contributed by atoms with Gasteiger partial charge in [0.1, 0.15) is 11.3 Å². The van der Waals surface area contributed by atoms with E-state index in [4.69, 9.17) is 30.8 Å². The first kappa shape index (κ1) is 24.1. The van der Waals surface area contributed by atoms with Gasteiger partial charge in [-0.25, -0.2) is 4.98 Å². The fourth-order valence-corrected chi connectivity index (χ4v) is 4.58. The van der Waals surface area contributed by atoms with Gasteiger partial charge in [-0.3, -0.25) is 9.69 Å². The van der Waals surface area contributed by atoms with E-state index in [1.54, 1.807) is 43.4 Å². The van der Waals surface area contributed by atoms with E-state index < -0.39 is 0 Å². The second-order valence-corrected chi connectivity index (χ2v) is 8.32. The zero-order chi connectivity index (χ0) is 23.1. The molecule has 0 bridgehead atoms. The quantitative estimate of drug-likeness (QED) is 0.398. The maximum atomic E-state index is 13.3. The SMILES string of the molecule is CCN(CC)CCN(C(=O)COc1ccccc1OC)c1nc2c(OC)ccc(Cl)c2s1. The molecule has 0 fully saturated rings. The van der Waals surface area contributed by atoms with Gasteiger partial charge in [0.05, 0.1) is 23.9 Å². The molecular formula is C23H28ClN3O4S. The lowest BCUT2D eigenvalue weighted by atomic mass is 10.3. The van der Waals surface area contributed by atoms with Gasteiger partial charge in [0.25, 0.3) is 5.91 Å². The lowest BCUT2D eigenvalue weighted by molar-refractivity contribution is -0.120. The Balaban J connectivity index is 1.88. The number of hydrogen-bond acceptors (Lipinski definition) is 7. The van der Waals surface area contributed by atoms with Crippen LogP contribution in [0.1, 0.15) is 13.8 Å². The molecule has 0 spiro atoms. The number of benzene rings is 2. The molecule has 0 aliphatic heterocycles. The van der Waals surface area contributed by atoms with Crippen molar-refractivity contribution in [3.05, 3.63) is 41.4 Å². The number of ether oxygens (including phenoxy) is 3. The van der Waals surface area contributed by atoms with E-state index in [-0.39, 0.29) is 12.5 Å². The number of aromatic nitrogens is 1. The minimum absolute atomic E-state index is 0.139. The molecule has 0 radical (unpaired) electrons. The fraction of sp³-hybridized carbons (Fsp3) is 0.391. The van der Waals surface area contributed by atoms with Gasteiger partial charge in [0, 0.05) is 13.1 Å². The topological polar surface area (TPSA) is 64.1 Å². The lowest BCUT2D eigenvalue weighted by Crippen LogP contribution is -2.41. The number of anilines is 1. The first-order valence-corrected chi connectivity index (χ1v) is 11.6. The highest BCUT2D eigenvalue weighted by Gasteiger charge is 2.23. The summed E-state index contributed by atoms with van der Waals surface area (Å²) in [7, 11) is 3.16. The number of carbonyl (C=O) groups is 1. The molecule has 0 aliphatic carbocycles. The molecule has 0 unspecified atom stereocenters. The van der Waals surface area contributed by atoms with Crippen LogP contribution >= 0.6 is 22.9 Å². The lowest BCUT2D eigenvalue weighted by Gasteiger charge is -2.24. The van der Waals surface area contributed by atoms with Crippen LogP contribution in [0.5, 0.6) is 17.2 Å². The summed E-state index contributed by atoms with van der Waals surface area (Å²) in [6.07, 6.45) is 0. The minimum Gasteiger partial charge on any atom is -0.494 e. The maximum Gasteiger partial charge on any atom is 0.266 e. The average Bonchev–Trinajstić information content (AvgIpc) is 3.27. The Hall–Kier alpha value is -2.55. The van der Waals surface area contributed by atoms with Crippen LogP contribution in [-0.2, 0) is 4.79 Å². The van der Waals surface area contributed by atoms with E-state index in [1.807, 2.05) is 12.1 Å². The Kier molecular flexibility index (Phi) is 8.55. The molecule has 0 aliphatic rings. The number of methoxy groups -OCH3 is 2. The Labute approximate surface area is 197 Å². The van der Waals surface area contributed by atoms with Gasteiger partial charge < -0.3 is 19.1 Å². The third-order valence-corrected chi connectivity index (χ3v) is 6.69. The van der Waals surface area contributed by atoms with Crippen LogP contribution in [0.3, 0.4) is 0 Å². The van der Waals surface area contributed by atoms with Crippen molar-refractivity contribution in [3.8, 4) is 17.2 Å². The first-order valence-electron chi connectivity index (χ1n) is 10.4. The van der Waals surface area contributed by atoms with Crippen molar-refractivity contribution in [2.24, 2.45) is 0 Å². The highest BCUT2D eigenvalue weighted by atomic mass is 35.5. The largest absolute Gasteiger partial charge is 0.494 e. The van der Waals surface area contributed by atoms with E-state index in [9.17, 15) is 4.79 Å². The molecule has 32 heavy (non-hydrogen) atoms. The molecule has 9 heteroatoms. The van der Waals surface area contributed by atoms with Crippen LogP contribution in [0, 0.1) is 0 Å². The number of likely N-dealkylation sites (N-methyl/N-ethyl adjacent to an activating group) is 1. The summed E-state index contributed by atoms with van der Waals surface area (Å²) in [5.41, 5.74) is 0.645. The maximum absolute atomic E-state index is 13.3. The van der Waals surface area contributed by atoms with Gasteiger partial charge >= 0.3 is 0 Å². The van der Waals surface area contributed by atoms with E-state index in [2.05, 4.69) is 18.7 Å². The molecule has 1 heterocycles. The number of carbonyl (C=O) groups excluding carboxylic acids is 1. The molecule has 0 saturated heterocycles. The normalized spacial score (nSPS) is 11.1. The standard InChI is InChI=1S/C23H28ClN3O4S/c1-5-26(6-2)13-14-27(20(28)15-31-18-10-8-7-9-17(18)29-3)23-25-21-19(30-4)12-11-16(24)22(21)32-23/h7-12H,5-6,13-15H2,1-4H3. The summed E-state index contributed by atoms with van der Waals surface area (Å²) in [5.74, 6) is 1.51. The molecule has 3 rings (SSSR count). The summed E-state index contributed by atoms with van der Waals surface area (Å²) in [5, 5.41) is 1.14. The molecule has 2 aromatic carbocycles. The third kappa shape index (κ3) is 5.43. The smallest absolute Gasteiger partial charge is 0.266 e. The molecule has 1 aromatic heterocycles. The van der Waals surface area contributed by atoms with Crippen molar-refractivity contribution >= 4 is 44.2 Å². The van der Waals surface area contributed by atoms with Crippen LogP contribution in [-0.4, -0.2) is 62.8 Å². The summed E-state index contributed by atoms with van der Waals surface area (Å²) >= 11 is 7.76. The van der Waals surface area contributed by atoms with Crippen LogP contribution in [0.2, 0.25) is 5.02 Å². The zero-order valence-electron chi connectivity index (χ0n) is 18.8. The van der Waals surface area contributed by atoms with Crippen LogP contribution in [0.4, 0.5) is 5.13 Å². The van der Waals surface area contributed by atoms with E-state index in [0.29, 0.717) is 46.0 Å². The summed E-state index contributed by atoms with van der Waals surface area (Å²) in [6, 6.07) is 10.8. The Bertz CT molecular complexity index is 1050. The van der Waals surface area contributed by atoms with Crippen molar-refractivity contribution in [1.29, 1.82) is 0 Å². The molecule has 0 saturated carbocycles. The monoisotopic (exact) mass is 477 g/mol. The predicted octanol–water partition coefficient (Wildman–Crippen LogP) is 4.72. The van der Waals surface area contributed by atoms with Gasteiger partial charge in [-0.05, 0) is 37.4 Å². The van der Waals surface area contributed by atoms with Crippen molar-refractivity contribution < 1.29 is 19.0 Å². The third-order valence-electron chi connectivity index (χ3n) is 5.15. The second-order valence-electron chi connectivity index (χ2n) is 6.94. The highest BCUT2D eigenvalue weighted by molar-refractivity contribution is 7.23. The van der Waals surface area contributed by atoms with Crippen LogP contribution < -0.4 is 19.1 Å². The van der Waals surface area contributed by atoms with Crippen molar-refractivity contribution in [2.75, 3.05) is 51.9 Å². The van der Waals surface area contributed by atoms with Crippen molar-refractivity contribution in [3.63, 3.8) is 0 Å².